The molecule has 10 nitrogen and oxygen atoms in total. The molecule has 10 heteroatoms. The molecule has 0 saturated carbocycles. The molecule has 6 rings (SSSR count). The van der Waals surface area contributed by atoms with Gasteiger partial charge in [0.05, 0.1) is 21.8 Å². The van der Waals surface area contributed by atoms with Crippen LogP contribution in [0.25, 0.3) is 55.8 Å². The van der Waals surface area contributed by atoms with E-state index in [4.69, 9.17) is 8.83 Å². The molecule has 0 aliphatic rings. The standard InChI is InChI=1S/C38H34N4O6/c1-37(2,3)35(45)39-25-13-7-21(8-14-25)31-41-29-17-11-23(19-27(29)33(43)47-31)24-12-18-30-28(20-24)34(44)48-32(42-30)22-9-15-26(16-10-22)40-36(46)38(4,5)6/h7-20H,1-6H3,(H,39,45)(H,40,46). The van der Waals surface area contributed by atoms with E-state index in [1.165, 1.54) is 0 Å². The zero-order valence-electron chi connectivity index (χ0n) is 27.4. The Labute approximate surface area is 275 Å². The Morgan fingerprint density at radius 3 is 1.19 bits per heavy atom. The maximum atomic E-state index is 13.1. The first-order valence-corrected chi connectivity index (χ1v) is 15.4. The first-order chi connectivity index (χ1) is 22.7. The van der Waals surface area contributed by atoms with E-state index in [2.05, 4.69) is 20.6 Å². The van der Waals surface area contributed by atoms with Gasteiger partial charge in [-0.1, -0.05) is 53.7 Å². The summed E-state index contributed by atoms with van der Waals surface area (Å²) in [4.78, 5) is 59.9. The quantitative estimate of drug-likeness (QED) is 0.195. The van der Waals surface area contributed by atoms with Gasteiger partial charge >= 0.3 is 11.3 Å². The van der Waals surface area contributed by atoms with Crippen molar-refractivity contribution in [2.75, 3.05) is 10.6 Å². The van der Waals surface area contributed by atoms with Gasteiger partial charge in [0, 0.05) is 33.3 Å². The second kappa shape index (κ2) is 12.0. The van der Waals surface area contributed by atoms with Gasteiger partial charge in [-0.2, -0.15) is 0 Å². The van der Waals surface area contributed by atoms with Gasteiger partial charge in [0.1, 0.15) is 0 Å². The second-order valence-corrected chi connectivity index (χ2v) is 13.6. The minimum atomic E-state index is -0.558. The van der Waals surface area contributed by atoms with Gasteiger partial charge in [0.25, 0.3) is 0 Å². The number of carbonyl (C=O) groups is 2. The lowest BCUT2D eigenvalue weighted by Crippen LogP contribution is -2.27. The number of fused-ring (bicyclic) bond motifs is 2. The Morgan fingerprint density at radius 1 is 0.521 bits per heavy atom. The molecule has 0 aliphatic carbocycles. The van der Waals surface area contributed by atoms with Crippen molar-refractivity contribution in [1.29, 1.82) is 0 Å². The normalized spacial score (nSPS) is 11.9. The number of nitrogens with one attached hydrogen (secondary N) is 2. The van der Waals surface area contributed by atoms with Crippen molar-refractivity contribution in [3.8, 4) is 34.0 Å². The number of benzene rings is 4. The second-order valence-electron chi connectivity index (χ2n) is 13.6. The third kappa shape index (κ3) is 6.64. The predicted molar refractivity (Wildman–Crippen MR) is 187 cm³/mol. The molecule has 0 unspecified atom stereocenters. The van der Waals surface area contributed by atoms with Crippen molar-refractivity contribution in [1.82, 2.24) is 9.97 Å². The fourth-order valence-electron chi connectivity index (χ4n) is 4.78. The van der Waals surface area contributed by atoms with Gasteiger partial charge in [-0.25, -0.2) is 19.6 Å². The zero-order chi connectivity index (χ0) is 34.4. The minimum Gasteiger partial charge on any atom is -0.403 e. The van der Waals surface area contributed by atoms with Gasteiger partial charge in [0.15, 0.2) is 0 Å². The van der Waals surface area contributed by atoms with Crippen LogP contribution in [-0.4, -0.2) is 21.8 Å². The Morgan fingerprint density at radius 2 is 0.854 bits per heavy atom. The van der Waals surface area contributed by atoms with Crippen LogP contribution in [0.15, 0.2) is 103 Å². The number of aromatic nitrogens is 2. The number of amides is 2. The number of hydrogen-bond acceptors (Lipinski definition) is 8. The average Bonchev–Trinajstić information content (AvgIpc) is 3.04. The van der Waals surface area contributed by atoms with Crippen molar-refractivity contribution in [2.24, 2.45) is 10.8 Å². The summed E-state index contributed by atoms with van der Waals surface area (Å²) >= 11 is 0. The molecule has 0 atom stereocenters. The summed E-state index contributed by atoms with van der Waals surface area (Å²) in [5.41, 5.74) is 2.50. The molecule has 0 saturated heterocycles. The summed E-state index contributed by atoms with van der Waals surface area (Å²) in [6.45, 7) is 11.0. The summed E-state index contributed by atoms with van der Waals surface area (Å²) < 4.78 is 11.2. The Bertz CT molecular complexity index is 2160. The van der Waals surface area contributed by atoms with Crippen LogP contribution >= 0.6 is 0 Å². The summed E-state index contributed by atoms with van der Waals surface area (Å²) in [7, 11) is 0. The van der Waals surface area contributed by atoms with Gasteiger partial charge in [0.2, 0.25) is 23.6 Å². The number of hydrogen-bond donors (Lipinski definition) is 2. The summed E-state index contributed by atoms with van der Waals surface area (Å²) in [6, 6.07) is 24.3. The Balaban J connectivity index is 1.25. The molecule has 0 aliphatic heterocycles. The lowest BCUT2D eigenvalue weighted by atomic mass is 9.95. The number of anilines is 2. The van der Waals surface area contributed by atoms with Crippen LogP contribution in [0.3, 0.4) is 0 Å². The molecule has 0 spiro atoms. The van der Waals surface area contributed by atoms with Crippen LogP contribution < -0.4 is 21.9 Å². The fraction of sp³-hybridized carbons (Fsp3) is 0.211. The lowest BCUT2D eigenvalue weighted by molar-refractivity contribution is -0.123. The van der Waals surface area contributed by atoms with E-state index < -0.39 is 22.1 Å². The minimum absolute atomic E-state index is 0.110. The van der Waals surface area contributed by atoms with Crippen LogP contribution in [0.2, 0.25) is 0 Å². The van der Waals surface area contributed by atoms with Crippen LogP contribution in [-0.2, 0) is 9.59 Å². The smallest absolute Gasteiger partial charge is 0.347 e. The molecule has 0 bridgehead atoms. The van der Waals surface area contributed by atoms with Crippen molar-refractivity contribution in [3.63, 3.8) is 0 Å². The lowest BCUT2D eigenvalue weighted by Gasteiger charge is -2.17. The summed E-state index contributed by atoms with van der Waals surface area (Å²) in [6.07, 6.45) is 0. The van der Waals surface area contributed by atoms with Gasteiger partial charge < -0.3 is 19.5 Å². The maximum Gasteiger partial charge on any atom is 0.347 e. The van der Waals surface area contributed by atoms with Gasteiger partial charge in [-0.15, -0.1) is 0 Å². The fourth-order valence-corrected chi connectivity index (χ4v) is 4.78. The van der Waals surface area contributed by atoms with Crippen molar-refractivity contribution in [3.05, 3.63) is 106 Å². The molecular formula is C38H34N4O6. The van der Waals surface area contributed by atoms with Crippen molar-refractivity contribution in [2.45, 2.75) is 41.5 Å². The highest BCUT2D eigenvalue weighted by molar-refractivity contribution is 5.95. The maximum absolute atomic E-state index is 13.1. The molecule has 0 fully saturated rings. The van der Waals surface area contributed by atoms with Gasteiger partial charge in [-0.3, -0.25) is 9.59 Å². The van der Waals surface area contributed by atoms with Crippen molar-refractivity contribution >= 4 is 45.0 Å². The largest absolute Gasteiger partial charge is 0.403 e. The third-order valence-electron chi connectivity index (χ3n) is 7.73. The SMILES string of the molecule is CC(C)(C)C(=O)Nc1ccc(-c2nc3ccc(-c4ccc5nc(-c6ccc(NC(=O)C(C)(C)C)cc6)oc(=O)c5c4)cc3c(=O)o2)cc1. The van der Waals surface area contributed by atoms with Gasteiger partial charge in [-0.05, 0) is 83.9 Å². The van der Waals surface area contributed by atoms with E-state index in [1.807, 2.05) is 53.7 Å². The van der Waals surface area contributed by atoms with E-state index in [1.54, 1.807) is 72.8 Å². The summed E-state index contributed by atoms with van der Waals surface area (Å²) in [5.74, 6) is 0.0913. The Kier molecular flexibility index (Phi) is 8.04. The highest BCUT2D eigenvalue weighted by Gasteiger charge is 2.22. The van der Waals surface area contributed by atoms with E-state index in [-0.39, 0.29) is 34.4 Å². The number of rotatable bonds is 5. The molecule has 48 heavy (non-hydrogen) atoms. The first-order valence-electron chi connectivity index (χ1n) is 15.4. The van der Waals surface area contributed by atoms with Crippen LogP contribution in [0, 0.1) is 10.8 Å². The highest BCUT2D eigenvalue weighted by Crippen LogP contribution is 2.28. The van der Waals surface area contributed by atoms with Crippen LogP contribution in [0.5, 0.6) is 0 Å². The molecule has 4 aromatic carbocycles. The van der Waals surface area contributed by atoms with E-state index >= 15 is 0 Å². The predicted octanol–water partition coefficient (Wildman–Crippen LogP) is 7.66. The first kappa shape index (κ1) is 32.1. The molecule has 2 aromatic heterocycles. The summed E-state index contributed by atoms with van der Waals surface area (Å²) in [5, 5.41) is 6.30. The molecule has 6 aromatic rings. The van der Waals surface area contributed by atoms with Crippen LogP contribution in [0.1, 0.15) is 41.5 Å². The molecular weight excluding hydrogens is 608 g/mol. The zero-order valence-corrected chi connectivity index (χ0v) is 27.4. The molecule has 0 radical (unpaired) electrons. The van der Waals surface area contributed by atoms with E-state index in [0.717, 1.165) is 0 Å². The molecule has 2 N–H and O–H groups in total. The Hall–Kier alpha value is -5.90. The monoisotopic (exact) mass is 642 g/mol. The molecule has 2 heterocycles. The molecule has 242 valence electrons. The topological polar surface area (TPSA) is 144 Å². The van der Waals surface area contributed by atoms with Crippen LogP contribution in [0.4, 0.5) is 11.4 Å². The number of nitrogens with zero attached hydrogens (tertiary/aromatic N) is 2. The average molecular weight is 643 g/mol. The molecule has 2 amide bonds. The van der Waals surface area contributed by atoms with E-state index in [0.29, 0.717) is 44.7 Å². The third-order valence-corrected chi connectivity index (χ3v) is 7.73. The number of carbonyl (C=O) groups excluding carboxylic acids is 2. The van der Waals surface area contributed by atoms with E-state index in [9.17, 15) is 19.2 Å². The van der Waals surface area contributed by atoms with Crippen molar-refractivity contribution < 1.29 is 18.4 Å². The highest BCUT2D eigenvalue weighted by atomic mass is 16.4.